The van der Waals surface area contributed by atoms with Crippen molar-refractivity contribution >= 4 is 16.7 Å². The van der Waals surface area contributed by atoms with Crippen LogP contribution in [0.3, 0.4) is 0 Å². The van der Waals surface area contributed by atoms with Crippen LogP contribution >= 0.6 is 0 Å². The predicted octanol–water partition coefficient (Wildman–Crippen LogP) is 2.69. The normalized spacial score (nSPS) is 11.8. The zero-order valence-electron chi connectivity index (χ0n) is 10.7. The van der Waals surface area contributed by atoms with Crippen LogP contribution < -0.4 is 5.32 Å². The van der Waals surface area contributed by atoms with E-state index in [0.717, 1.165) is 5.39 Å². The van der Waals surface area contributed by atoms with Crippen LogP contribution in [-0.4, -0.2) is 17.1 Å². The van der Waals surface area contributed by atoms with E-state index in [1.165, 1.54) is 0 Å². The molecule has 0 aromatic heterocycles. The van der Waals surface area contributed by atoms with E-state index in [-0.39, 0.29) is 23.3 Å². The second kappa shape index (κ2) is 5.45. The Morgan fingerprint density at radius 1 is 1.37 bits per heavy atom. The number of amides is 1. The number of carbonyl (C=O) groups is 1. The molecule has 1 amide bonds. The van der Waals surface area contributed by atoms with Gasteiger partial charge in [-0.25, -0.2) is 0 Å². The van der Waals surface area contributed by atoms with Crippen LogP contribution in [0.1, 0.15) is 23.7 Å². The van der Waals surface area contributed by atoms with E-state index in [1.54, 1.807) is 18.2 Å². The van der Waals surface area contributed by atoms with E-state index in [2.05, 4.69) is 11.2 Å². The average molecular weight is 253 g/mol. The molecule has 3 heteroatoms. The van der Waals surface area contributed by atoms with Gasteiger partial charge in [-0.05, 0) is 17.9 Å². The Balaban J connectivity index is 2.38. The van der Waals surface area contributed by atoms with Gasteiger partial charge in [-0.15, -0.1) is 6.42 Å². The topological polar surface area (TPSA) is 49.3 Å². The first kappa shape index (κ1) is 13.0. The monoisotopic (exact) mass is 253 g/mol. The number of benzene rings is 2. The van der Waals surface area contributed by atoms with Crippen LogP contribution in [0, 0.1) is 12.3 Å². The molecule has 0 aliphatic rings. The van der Waals surface area contributed by atoms with E-state index < -0.39 is 0 Å². The number of carbonyl (C=O) groups excluding carboxylic acids is 1. The molecule has 0 saturated carbocycles. The third-order valence-electron chi connectivity index (χ3n) is 3.06. The van der Waals surface area contributed by atoms with Crippen LogP contribution in [0.5, 0.6) is 5.75 Å². The van der Waals surface area contributed by atoms with Crippen molar-refractivity contribution < 1.29 is 9.90 Å². The summed E-state index contributed by atoms with van der Waals surface area (Å²) >= 11 is 0. The minimum atomic E-state index is -0.354. The number of phenolic OH excluding ortho intramolecular Hbond substituents is 1. The van der Waals surface area contributed by atoms with Gasteiger partial charge in [0, 0.05) is 5.39 Å². The predicted molar refractivity (Wildman–Crippen MR) is 76.0 cm³/mol. The number of phenols is 1. The van der Waals surface area contributed by atoms with Crippen molar-refractivity contribution in [1.29, 1.82) is 0 Å². The number of fused-ring (bicyclic) bond motifs is 1. The van der Waals surface area contributed by atoms with Gasteiger partial charge in [-0.3, -0.25) is 4.79 Å². The van der Waals surface area contributed by atoms with Gasteiger partial charge in [0.2, 0.25) is 0 Å². The maximum Gasteiger partial charge on any atom is 0.256 e. The molecule has 0 spiro atoms. The molecule has 0 radical (unpaired) electrons. The van der Waals surface area contributed by atoms with E-state index in [1.807, 2.05) is 25.1 Å². The summed E-state index contributed by atoms with van der Waals surface area (Å²) in [4.78, 5) is 12.1. The molecule has 19 heavy (non-hydrogen) atoms. The third-order valence-corrected chi connectivity index (χ3v) is 3.06. The van der Waals surface area contributed by atoms with Gasteiger partial charge < -0.3 is 10.4 Å². The molecular formula is C16H15NO2. The quantitative estimate of drug-likeness (QED) is 0.826. The highest BCUT2D eigenvalue weighted by atomic mass is 16.3. The standard InChI is InChI=1S/C16H15NO2/c1-3-12(4-2)17-16(19)14-10-9-11-7-5-6-8-13(11)15(14)18/h1,5-10,12,18H,4H2,2H3,(H,17,19). The summed E-state index contributed by atoms with van der Waals surface area (Å²) in [6.45, 7) is 1.89. The Hall–Kier alpha value is -2.47. The summed E-state index contributed by atoms with van der Waals surface area (Å²) in [5.74, 6) is 2.13. The van der Waals surface area contributed by atoms with Crippen LogP contribution in [0.25, 0.3) is 10.8 Å². The van der Waals surface area contributed by atoms with Gasteiger partial charge in [0.25, 0.3) is 5.91 Å². The van der Waals surface area contributed by atoms with Crippen molar-refractivity contribution in [2.45, 2.75) is 19.4 Å². The smallest absolute Gasteiger partial charge is 0.256 e. The maximum atomic E-state index is 12.1. The van der Waals surface area contributed by atoms with Crippen molar-refractivity contribution in [2.24, 2.45) is 0 Å². The van der Waals surface area contributed by atoms with Crippen molar-refractivity contribution in [2.75, 3.05) is 0 Å². The highest BCUT2D eigenvalue weighted by Gasteiger charge is 2.15. The van der Waals surface area contributed by atoms with Gasteiger partial charge in [0.15, 0.2) is 0 Å². The molecule has 0 saturated heterocycles. The Bertz CT molecular complexity index is 655. The van der Waals surface area contributed by atoms with E-state index in [4.69, 9.17) is 6.42 Å². The van der Waals surface area contributed by atoms with Crippen LogP contribution in [0.2, 0.25) is 0 Å². The number of rotatable bonds is 3. The molecule has 2 N–H and O–H groups in total. The van der Waals surface area contributed by atoms with E-state index in [9.17, 15) is 9.90 Å². The molecule has 96 valence electrons. The SMILES string of the molecule is C#CC(CC)NC(=O)c1ccc2ccccc2c1O. The highest BCUT2D eigenvalue weighted by molar-refractivity contribution is 6.03. The third kappa shape index (κ3) is 2.53. The van der Waals surface area contributed by atoms with Gasteiger partial charge in [0.1, 0.15) is 5.75 Å². The molecular weight excluding hydrogens is 238 g/mol. The Kier molecular flexibility index (Phi) is 3.72. The summed E-state index contributed by atoms with van der Waals surface area (Å²) < 4.78 is 0. The van der Waals surface area contributed by atoms with Crippen molar-refractivity contribution in [3.8, 4) is 18.1 Å². The van der Waals surface area contributed by atoms with Gasteiger partial charge >= 0.3 is 0 Å². The molecule has 0 heterocycles. The molecule has 1 atom stereocenters. The fraction of sp³-hybridized carbons (Fsp3) is 0.188. The Morgan fingerprint density at radius 3 is 2.79 bits per heavy atom. The number of aromatic hydroxyl groups is 1. The fourth-order valence-electron chi connectivity index (χ4n) is 1.94. The Labute approximate surface area is 112 Å². The minimum absolute atomic E-state index is 0.0116. The Morgan fingerprint density at radius 2 is 2.11 bits per heavy atom. The summed E-state index contributed by atoms with van der Waals surface area (Å²) in [6, 6.07) is 10.5. The molecule has 0 aliphatic heterocycles. The van der Waals surface area contributed by atoms with E-state index in [0.29, 0.717) is 11.8 Å². The van der Waals surface area contributed by atoms with Crippen molar-refractivity contribution in [1.82, 2.24) is 5.32 Å². The summed E-state index contributed by atoms with van der Waals surface area (Å²) in [7, 11) is 0. The highest BCUT2D eigenvalue weighted by Crippen LogP contribution is 2.28. The molecule has 0 fully saturated rings. The summed E-state index contributed by atoms with van der Waals surface area (Å²) in [6.07, 6.45) is 5.96. The lowest BCUT2D eigenvalue weighted by Crippen LogP contribution is -2.33. The van der Waals surface area contributed by atoms with Gasteiger partial charge in [-0.1, -0.05) is 43.2 Å². The van der Waals surface area contributed by atoms with Crippen LogP contribution in [0.4, 0.5) is 0 Å². The molecule has 2 aromatic carbocycles. The molecule has 2 rings (SSSR count). The number of hydrogen-bond donors (Lipinski definition) is 2. The number of nitrogens with one attached hydrogen (secondary N) is 1. The van der Waals surface area contributed by atoms with Crippen molar-refractivity contribution in [3.63, 3.8) is 0 Å². The molecule has 2 aromatic rings. The van der Waals surface area contributed by atoms with Crippen LogP contribution in [0.15, 0.2) is 36.4 Å². The molecule has 3 nitrogen and oxygen atoms in total. The first-order valence-electron chi connectivity index (χ1n) is 6.15. The molecule has 1 unspecified atom stereocenters. The largest absolute Gasteiger partial charge is 0.506 e. The lowest BCUT2D eigenvalue weighted by Gasteiger charge is -2.12. The lowest BCUT2D eigenvalue weighted by molar-refractivity contribution is 0.0942. The molecule has 0 aliphatic carbocycles. The van der Waals surface area contributed by atoms with E-state index >= 15 is 0 Å². The zero-order valence-corrected chi connectivity index (χ0v) is 10.7. The second-order valence-electron chi connectivity index (χ2n) is 4.28. The minimum Gasteiger partial charge on any atom is -0.506 e. The first-order valence-corrected chi connectivity index (χ1v) is 6.15. The average Bonchev–Trinajstić information content (AvgIpc) is 2.45. The summed E-state index contributed by atoms with van der Waals surface area (Å²) in [5.41, 5.74) is 0.243. The number of terminal acetylenes is 1. The first-order chi connectivity index (χ1) is 9.17. The zero-order chi connectivity index (χ0) is 13.8. The summed E-state index contributed by atoms with van der Waals surface area (Å²) in [5, 5.41) is 14.4. The maximum absolute atomic E-state index is 12.1. The van der Waals surface area contributed by atoms with Crippen molar-refractivity contribution in [3.05, 3.63) is 42.0 Å². The van der Waals surface area contributed by atoms with Gasteiger partial charge in [-0.2, -0.15) is 0 Å². The molecule has 0 bridgehead atoms. The lowest BCUT2D eigenvalue weighted by atomic mass is 10.0. The second-order valence-corrected chi connectivity index (χ2v) is 4.28. The fourth-order valence-corrected chi connectivity index (χ4v) is 1.94. The number of hydrogen-bond acceptors (Lipinski definition) is 2. The van der Waals surface area contributed by atoms with Crippen LogP contribution in [-0.2, 0) is 0 Å². The van der Waals surface area contributed by atoms with Gasteiger partial charge in [0.05, 0.1) is 11.6 Å².